The Kier molecular flexibility index (Phi) is 1.31. The number of aliphatic carboxylic acids is 1. The molecule has 0 radical (unpaired) electrons. The van der Waals surface area contributed by atoms with Gasteiger partial charge in [0.05, 0.1) is 6.42 Å². The number of rotatable bonds is 2. The molecule has 2 bridgehead atoms. The van der Waals surface area contributed by atoms with Crippen LogP contribution in [0.1, 0.15) is 25.7 Å². The van der Waals surface area contributed by atoms with Gasteiger partial charge in [-0.2, -0.15) is 0 Å². The molecule has 2 aliphatic rings. The van der Waals surface area contributed by atoms with Crippen molar-refractivity contribution in [2.75, 3.05) is 0 Å². The monoisotopic (exact) mass is 152 g/mol. The molecule has 2 atom stereocenters. The number of hydrogen-bond acceptors (Lipinski definition) is 1. The van der Waals surface area contributed by atoms with E-state index in [1.54, 1.807) is 0 Å². The molecule has 0 heterocycles. The Morgan fingerprint density at radius 3 is 2.91 bits per heavy atom. The van der Waals surface area contributed by atoms with Crippen molar-refractivity contribution in [1.82, 2.24) is 0 Å². The highest BCUT2D eigenvalue weighted by molar-refractivity contribution is 5.68. The van der Waals surface area contributed by atoms with Crippen LogP contribution in [0.3, 0.4) is 0 Å². The van der Waals surface area contributed by atoms with Gasteiger partial charge in [0, 0.05) is 0 Å². The lowest BCUT2D eigenvalue weighted by atomic mass is 9.84. The Hall–Kier alpha value is -0.790. The molecule has 11 heavy (non-hydrogen) atoms. The van der Waals surface area contributed by atoms with Gasteiger partial charge < -0.3 is 5.11 Å². The fourth-order valence-electron chi connectivity index (χ4n) is 2.38. The molecule has 0 aliphatic heterocycles. The van der Waals surface area contributed by atoms with Crippen LogP contribution in [0.15, 0.2) is 12.2 Å². The first-order valence-electron chi connectivity index (χ1n) is 4.11. The molecule has 60 valence electrons. The molecule has 1 saturated carbocycles. The molecule has 2 rings (SSSR count). The number of carboxylic acid groups (broad SMARTS) is 1. The Morgan fingerprint density at radius 2 is 2.55 bits per heavy atom. The largest absolute Gasteiger partial charge is 0.481 e. The first-order valence-corrected chi connectivity index (χ1v) is 4.11. The van der Waals surface area contributed by atoms with Gasteiger partial charge in [-0.3, -0.25) is 4.79 Å². The number of carboxylic acids is 1. The standard InChI is InChI=1S/C9H12O2/c10-8(11)6-9-3-1-7(5-9)2-4-9/h1,3,7H,2,4-6H2,(H,10,11)/t7-,9-/m1/s1. The fourth-order valence-corrected chi connectivity index (χ4v) is 2.38. The van der Waals surface area contributed by atoms with Gasteiger partial charge in [-0.1, -0.05) is 12.2 Å². The van der Waals surface area contributed by atoms with E-state index in [0.717, 1.165) is 12.8 Å². The van der Waals surface area contributed by atoms with Gasteiger partial charge in [0.1, 0.15) is 0 Å². The van der Waals surface area contributed by atoms with Crippen molar-refractivity contribution in [2.45, 2.75) is 25.7 Å². The predicted octanol–water partition coefficient (Wildman–Crippen LogP) is 1.82. The molecule has 2 aliphatic carbocycles. The fraction of sp³-hybridized carbons (Fsp3) is 0.667. The molecule has 0 unspecified atom stereocenters. The quantitative estimate of drug-likeness (QED) is 0.613. The first-order chi connectivity index (χ1) is 5.20. The van der Waals surface area contributed by atoms with E-state index < -0.39 is 5.97 Å². The van der Waals surface area contributed by atoms with Crippen molar-refractivity contribution in [3.8, 4) is 0 Å². The molecule has 0 amide bonds. The summed E-state index contributed by atoms with van der Waals surface area (Å²) < 4.78 is 0. The van der Waals surface area contributed by atoms with E-state index in [2.05, 4.69) is 12.2 Å². The van der Waals surface area contributed by atoms with Crippen LogP contribution in [-0.2, 0) is 4.79 Å². The van der Waals surface area contributed by atoms with Crippen LogP contribution in [0.25, 0.3) is 0 Å². The van der Waals surface area contributed by atoms with Crippen LogP contribution in [-0.4, -0.2) is 11.1 Å². The predicted molar refractivity (Wildman–Crippen MR) is 41.2 cm³/mol. The molecule has 0 aromatic carbocycles. The Balaban J connectivity index is 2.11. The lowest BCUT2D eigenvalue weighted by Crippen LogP contribution is -2.16. The summed E-state index contributed by atoms with van der Waals surface area (Å²) in [5.74, 6) is 0.0338. The molecule has 0 spiro atoms. The zero-order chi connectivity index (χ0) is 7.90. The number of hydrogen-bond donors (Lipinski definition) is 1. The van der Waals surface area contributed by atoms with Crippen molar-refractivity contribution in [3.05, 3.63) is 12.2 Å². The second-order valence-corrected chi connectivity index (χ2v) is 3.79. The van der Waals surface area contributed by atoms with Gasteiger partial charge in [0.2, 0.25) is 0 Å². The number of allylic oxidation sites excluding steroid dienone is 2. The second-order valence-electron chi connectivity index (χ2n) is 3.79. The van der Waals surface area contributed by atoms with Gasteiger partial charge in [-0.25, -0.2) is 0 Å². The van der Waals surface area contributed by atoms with Gasteiger partial charge in [0.25, 0.3) is 0 Å². The third-order valence-corrected chi connectivity index (χ3v) is 2.91. The summed E-state index contributed by atoms with van der Waals surface area (Å²) in [5.41, 5.74) is 0.0521. The SMILES string of the molecule is O=C(O)C[C@]12C=C[C@H](CC1)C2. The van der Waals surface area contributed by atoms with Crippen molar-refractivity contribution in [2.24, 2.45) is 11.3 Å². The highest BCUT2D eigenvalue weighted by Gasteiger charge is 2.41. The molecule has 2 heteroatoms. The lowest BCUT2D eigenvalue weighted by Gasteiger charge is -2.19. The summed E-state index contributed by atoms with van der Waals surface area (Å²) in [6, 6.07) is 0. The van der Waals surface area contributed by atoms with E-state index in [-0.39, 0.29) is 5.41 Å². The average Bonchev–Trinajstić information content (AvgIpc) is 2.43. The summed E-state index contributed by atoms with van der Waals surface area (Å²) in [4.78, 5) is 10.5. The molecule has 0 aromatic rings. The minimum absolute atomic E-state index is 0.0521. The Labute approximate surface area is 65.9 Å². The zero-order valence-corrected chi connectivity index (χ0v) is 6.42. The van der Waals surface area contributed by atoms with E-state index in [0.29, 0.717) is 12.3 Å². The third kappa shape index (κ3) is 1.06. The highest BCUT2D eigenvalue weighted by atomic mass is 16.4. The van der Waals surface area contributed by atoms with Gasteiger partial charge in [-0.05, 0) is 30.6 Å². The molecular formula is C9H12O2. The molecular weight excluding hydrogens is 140 g/mol. The zero-order valence-electron chi connectivity index (χ0n) is 6.42. The second kappa shape index (κ2) is 2.10. The van der Waals surface area contributed by atoms with Crippen LogP contribution in [0.4, 0.5) is 0 Å². The van der Waals surface area contributed by atoms with Gasteiger partial charge in [0.15, 0.2) is 0 Å². The molecule has 0 aromatic heterocycles. The van der Waals surface area contributed by atoms with Crippen molar-refractivity contribution >= 4 is 5.97 Å². The van der Waals surface area contributed by atoms with Crippen molar-refractivity contribution in [3.63, 3.8) is 0 Å². The van der Waals surface area contributed by atoms with E-state index in [4.69, 9.17) is 5.11 Å². The molecule has 1 fully saturated rings. The van der Waals surface area contributed by atoms with Crippen molar-refractivity contribution < 1.29 is 9.90 Å². The van der Waals surface area contributed by atoms with E-state index >= 15 is 0 Å². The minimum atomic E-state index is -0.655. The highest BCUT2D eigenvalue weighted by Crippen LogP contribution is 2.51. The number of carbonyl (C=O) groups is 1. The van der Waals surface area contributed by atoms with E-state index in [1.165, 1.54) is 6.42 Å². The molecule has 2 nitrogen and oxygen atoms in total. The average molecular weight is 152 g/mol. The van der Waals surface area contributed by atoms with Crippen molar-refractivity contribution in [1.29, 1.82) is 0 Å². The summed E-state index contributed by atoms with van der Waals surface area (Å²) >= 11 is 0. The van der Waals surface area contributed by atoms with Crippen LogP contribution in [0.5, 0.6) is 0 Å². The summed E-state index contributed by atoms with van der Waals surface area (Å²) in [6.45, 7) is 0. The smallest absolute Gasteiger partial charge is 0.304 e. The van der Waals surface area contributed by atoms with E-state index in [9.17, 15) is 4.79 Å². The maximum atomic E-state index is 10.5. The van der Waals surface area contributed by atoms with Crippen LogP contribution >= 0.6 is 0 Å². The maximum Gasteiger partial charge on any atom is 0.304 e. The number of fused-ring (bicyclic) bond motifs is 2. The van der Waals surface area contributed by atoms with Crippen LogP contribution in [0.2, 0.25) is 0 Å². The Bertz CT molecular complexity index is 220. The Morgan fingerprint density at radius 1 is 1.73 bits per heavy atom. The van der Waals surface area contributed by atoms with E-state index in [1.807, 2.05) is 0 Å². The van der Waals surface area contributed by atoms with Crippen LogP contribution < -0.4 is 0 Å². The summed E-state index contributed by atoms with van der Waals surface area (Å²) in [7, 11) is 0. The normalized spacial score (nSPS) is 39.8. The third-order valence-electron chi connectivity index (χ3n) is 2.91. The molecule has 0 saturated heterocycles. The maximum absolute atomic E-state index is 10.5. The first kappa shape index (κ1) is 6.89. The van der Waals surface area contributed by atoms with Gasteiger partial charge in [-0.15, -0.1) is 0 Å². The van der Waals surface area contributed by atoms with Gasteiger partial charge >= 0.3 is 5.97 Å². The minimum Gasteiger partial charge on any atom is -0.481 e. The molecule has 1 N–H and O–H groups in total. The summed E-state index contributed by atoms with van der Waals surface area (Å²) in [6.07, 6.45) is 8.01. The summed E-state index contributed by atoms with van der Waals surface area (Å²) in [5, 5.41) is 8.65. The van der Waals surface area contributed by atoms with Crippen LogP contribution in [0, 0.1) is 11.3 Å². The lowest BCUT2D eigenvalue weighted by molar-refractivity contribution is -0.138. The topological polar surface area (TPSA) is 37.3 Å².